The van der Waals surface area contributed by atoms with E-state index in [1.165, 1.54) is 18.2 Å². The number of hydrogen-bond donors (Lipinski definition) is 0. The number of benzene rings is 1. The van der Waals surface area contributed by atoms with Crippen molar-refractivity contribution in [3.8, 4) is 0 Å². The molecule has 5 heteroatoms. The van der Waals surface area contributed by atoms with Gasteiger partial charge in [0.1, 0.15) is 11.5 Å². The van der Waals surface area contributed by atoms with Crippen molar-refractivity contribution in [3.63, 3.8) is 0 Å². The number of rotatable bonds is 3. The van der Waals surface area contributed by atoms with E-state index in [-0.39, 0.29) is 17.2 Å². The Morgan fingerprint density at radius 3 is 2.82 bits per heavy atom. The summed E-state index contributed by atoms with van der Waals surface area (Å²) in [5.41, 5.74) is 0.983. The van der Waals surface area contributed by atoms with Gasteiger partial charge in [0.15, 0.2) is 5.78 Å². The van der Waals surface area contributed by atoms with E-state index in [0.29, 0.717) is 11.3 Å². The minimum absolute atomic E-state index is 0.121. The van der Waals surface area contributed by atoms with Crippen LogP contribution in [0.25, 0.3) is 0 Å². The van der Waals surface area contributed by atoms with Crippen molar-refractivity contribution in [3.05, 3.63) is 52.6 Å². The molecule has 0 aliphatic carbocycles. The van der Waals surface area contributed by atoms with Crippen LogP contribution in [-0.4, -0.2) is 15.6 Å². The Hall–Kier alpha value is -1.68. The molecule has 0 fully saturated rings. The molecule has 88 valence electrons. The van der Waals surface area contributed by atoms with Gasteiger partial charge in [-0.2, -0.15) is 5.10 Å². The third kappa shape index (κ3) is 2.71. The van der Waals surface area contributed by atoms with Crippen molar-refractivity contribution in [1.29, 1.82) is 0 Å². The number of halogens is 2. The summed E-state index contributed by atoms with van der Waals surface area (Å²) in [4.78, 5) is 11.8. The molecule has 0 bridgehead atoms. The molecule has 1 heterocycles. The quantitative estimate of drug-likeness (QED) is 0.787. The lowest BCUT2D eigenvalue weighted by molar-refractivity contribution is 0.0987. The number of carbonyl (C=O) groups excluding carboxylic acids is 1. The summed E-state index contributed by atoms with van der Waals surface area (Å²) in [6.45, 7) is 0. The van der Waals surface area contributed by atoms with Crippen LogP contribution in [-0.2, 0) is 13.5 Å². The van der Waals surface area contributed by atoms with Crippen LogP contribution >= 0.6 is 11.6 Å². The van der Waals surface area contributed by atoms with E-state index in [9.17, 15) is 9.18 Å². The Balaban J connectivity index is 2.18. The smallest absolute Gasteiger partial charge is 0.187 e. The molecule has 1 aromatic carbocycles. The summed E-state index contributed by atoms with van der Waals surface area (Å²) >= 11 is 5.85. The molecule has 0 N–H and O–H groups in total. The van der Waals surface area contributed by atoms with Crippen LogP contribution < -0.4 is 0 Å². The highest BCUT2D eigenvalue weighted by Crippen LogP contribution is 2.18. The first-order valence-corrected chi connectivity index (χ1v) is 5.41. The molecule has 2 rings (SSSR count). The number of aromatic nitrogens is 2. The number of carbonyl (C=O) groups is 1. The molecule has 0 aliphatic rings. The van der Waals surface area contributed by atoms with Gasteiger partial charge in [0.05, 0.1) is 0 Å². The second-order valence-corrected chi connectivity index (χ2v) is 4.12. The lowest BCUT2D eigenvalue weighted by Gasteiger charge is -2.02. The summed E-state index contributed by atoms with van der Waals surface area (Å²) in [6, 6.07) is 5.63. The zero-order valence-electron chi connectivity index (χ0n) is 9.15. The Kier molecular flexibility index (Phi) is 3.24. The van der Waals surface area contributed by atoms with E-state index in [2.05, 4.69) is 5.10 Å². The Morgan fingerprint density at radius 2 is 2.24 bits per heavy atom. The van der Waals surface area contributed by atoms with Crippen molar-refractivity contribution >= 4 is 17.4 Å². The summed E-state index contributed by atoms with van der Waals surface area (Å²) in [5, 5.41) is 4.26. The number of ketones is 1. The second kappa shape index (κ2) is 4.67. The highest BCUT2D eigenvalue weighted by molar-refractivity contribution is 6.31. The molecule has 0 saturated carbocycles. The molecular weight excluding hydrogens is 243 g/mol. The third-order valence-corrected chi connectivity index (χ3v) is 2.72. The third-order valence-electron chi connectivity index (χ3n) is 2.37. The normalized spacial score (nSPS) is 10.5. The molecule has 2 aromatic rings. The van der Waals surface area contributed by atoms with Gasteiger partial charge in [-0.15, -0.1) is 0 Å². The van der Waals surface area contributed by atoms with Crippen molar-refractivity contribution in [2.45, 2.75) is 6.42 Å². The molecule has 0 radical (unpaired) electrons. The fourth-order valence-corrected chi connectivity index (χ4v) is 1.73. The van der Waals surface area contributed by atoms with Crippen molar-refractivity contribution in [2.24, 2.45) is 7.05 Å². The lowest BCUT2D eigenvalue weighted by atomic mass is 10.1. The van der Waals surface area contributed by atoms with Crippen LogP contribution in [0, 0.1) is 5.82 Å². The molecule has 0 amide bonds. The molecule has 17 heavy (non-hydrogen) atoms. The van der Waals surface area contributed by atoms with Crippen molar-refractivity contribution in [2.75, 3.05) is 0 Å². The van der Waals surface area contributed by atoms with Crippen LogP contribution in [0.2, 0.25) is 5.02 Å². The standard InChI is InChI=1S/C12H10ClFN2O/c1-16-5-4-11(15-16)12(17)6-8-2-3-9(14)7-10(8)13/h2-5,7H,6H2,1H3. The number of nitrogens with zero attached hydrogens (tertiary/aromatic N) is 2. The first-order valence-electron chi connectivity index (χ1n) is 5.03. The minimum atomic E-state index is -0.413. The van der Waals surface area contributed by atoms with Gasteiger partial charge in [-0.05, 0) is 23.8 Å². The zero-order valence-corrected chi connectivity index (χ0v) is 9.91. The fraction of sp³-hybridized carbons (Fsp3) is 0.167. The fourth-order valence-electron chi connectivity index (χ4n) is 1.49. The van der Waals surface area contributed by atoms with E-state index in [0.717, 1.165) is 0 Å². The molecule has 3 nitrogen and oxygen atoms in total. The maximum atomic E-state index is 12.8. The maximum Gasteiger partial charge on any atom is 0.187 e. The molecule has 0 spiro atoms. The summed E-state index contributed by atoms with van der Waals surface area (Å²) in [6.07, 6.45) is 1.82. The van der Waals surface area contributed by atoms with Gasteiger partial charge >= 0.3 is 0 Å². The summed E-state index contributed by atoms with van der Waals surface area (Å²) in [7, 11) is 1.74. The van der Waals surface area contributed by atoms with Crippen LogP contribution in [0.5, 0.6) is 0 Å². The van der Waals surface area contributed by atoms with E-state index < -0.39 is 5.82 Å². The predicted molar refractivity (Wildman–Crippen MR) is 62.7 cm³/mol. The minimum Gasteiger partial charge on any atom is -0.292 e. The molecule has 0 unspecified atom stereocenters. The molecule has 0 atom stereocenters. The monoisotopic (exact) mass is 252 g/mol. The van der Waals surface area contributed by atoms with Crippen molar-refractivity contribution < 1.29 is 9.18 Å². The predicted octanol–water partition coefficient (Wildman–Crippen LogP) is 2.64. The van der Waals surface area contributed by atoms with Crippen LogP contribution in [0.3, 0.4) is 0 Å². The molecule has 0 saturated heterocycles. The average molecular weight is 253 g/mol. The van der Waals surface area contributed by atoms with E-state index in [4.69, 9.17) is 11.6 Å². The maximum absolute atomic E-state index is 12.8. The molecule has 0 aliphatic heterocycles. The Labute approximate surface area is 103 Å². The van der Waals surface area contributed by atoms with Crippen LogP contribution in [0.15, 0.2) is 30.5 Å². The summed E-state index contributed by atoms with van der Waals surface area (Å²) < 4.78 is 14.4. The molecular formula is C12H10ClFN2O. The van der Waals surface area contributed by atoms with E-state index >= 15 is 0 Å². The zero-order chi connectivity index (χ0) is 12.4. The first-order chi connectivity index (χ1) is 8.06. The second-order valence-electron chi connectivity index (χ2n) is 3.71. The van der Waals surface area contributed by atoms with Gasteiger partial charge in [-0.3, -0.25) is 9.48 Å². The van der Waals surface area contributed by atoms with Gasteiger partial charge < -0.3 is 0 Å². The topological polar surface area (TPSA) is 34.9 Å². The van der Waals surface area contributed by atoms with Crippen LogP contribution in [0.4, 0.5) is 4.39 Å². The SMILES string of the molecule is Cn1ccc(C(=O)Cc2ccc(F)cc2Cl)n1. The lowest BCUT2D eigenvalue weighted by Crippen LogP contribution is -2.05. The average Bonchev–Trinajstić information content (AvgIpc) is 2.69. The largest absolute Gasteiger partial charge is 0.292 e. The highest BCUT2D eigenvalue weighted by Gasteiger charge is 2.12. The van der Waals surface area contributed by atoms with Gasteiger partial charge in [-0.25, -0.2) is 4.39 Å². The number of aryl methyl sites for hydroxylation is 1. The number of hydrogen-bond acceptors (Lipinski definition) is 2. The first kappa shape index (κ1) is 11.8. The van der Waals surface area contributed by atoms with Gasteiger partial charge in [0.25, 0.3) is 0 Å². The summed E-state index contributed by atoms with van der Waals surface area (Å²) in [5.74, 6) is -0.553. The Morgan fingerprint density at radius 1 is 1.47 bits per heavy atom. The Bertz CT molecular complexity index is 565. The van der Waals surface area contributed by atoms with Crippen LogP contribution in [0.1, 0.15) is 16.1 Å². The van der Waals surface area contributed by atoms with E-state index in [1.54, 1.807) is 24.0 Å². The highest BCUT2D eigenvalue weighted by atomic mass is 35.5. The number of Topliss-reactive ketones (excluding diaryl/α,β-unsaturated/α-hetero) is 1. The van der Waals surface area contributed by atoms with Crippen molar-refractivity contribution in [1.82, 2.24) is 9.78 Å². The van der Waals surface area contributed by atoms with Gasteiger partial charge in [0.2, 0.25) is 0 Å². The van der Waals surface area contributed by atoms with Gasteiger partial charge in [-0.1, -0.05) is 17.7 Å². The van der Waals surface area contributed by atoms with Gasteiger partial charge in [0, 0.05) is 24.7 Å². The molecule has 1 aromatic heterocycles. The van der Waals surface area contributed by atoms with E-state index in [1.807, 2.05) is 0 Å².